The van der Waals surface area contributed by atoms with E-state index in [-0.39, 0.29) is 12.1 Å². The topological polar surface area (TPSA) is 85.0 Å². The molecule has 0 radical (unpaired) electrons. The highest BCUT2D eigenvalue weighted by molar-refractivity contribution is 5.13. The molecule has 116 valence electrons. The minimum Gasteiger partial charge on any atom is -0.483 e. The lowest BCUT2D eigenvalue weighted by Gasteiger charge is -2.19. The number of H-pyrrole nitrogens is 1. The molecule has 2 fully saturated rings. The molecule has 22 heavy (non-hydrogen) atoms. The first-order chi connectivity index (χ1) is 10.9. The maximum Gasteiger partial charge on any atom is 0.157 e. The van der Waals surface area contributed by atoms with E-state index < -0.39 is 0 Å². The highest BCUT2D eigenvalue weighted by Crippen LogP contribution is 2.37. The van der Waals surface area contributed by atoms with Crippen LogP contribution in [0.5, 0.6) is 5.75 Å². The molecule has 1 saturated heterocycles. The third-order valence-corrected chi connectivity index (χ3v) is 4.03. The van der Waals surface area contributed by atoms with Crippen LogP contribution in [0.15, 0.2) is 24.8 Å². The Morgan fingerprint density at radius 1 is 1.23 bits per heavy atom. The largest absolute Gasteiger partial charge is 0.483 e. The van der Waals surface area contributed by atoms with E-state index in [0.29, 0.717) is 25.7 Å². The summed E-state index contributed by atoms with van der Waals surface area (Å²) in [4.78, 5) is 8.88. The van der Waals surface area contributed by atoms with Gasteiger partial charge in [-0.3, -0.25) is 5.10 Å². The summed E-state index contributed by atoms with van der Waals surface area (Å²) in [6, 6.07) is 0.151. The molecule has 0 amide bonds. The SMILES string of the molecule is c1nc(C2CC2)ncc1CN[C@H]1COC[C@H]1Oc1cn[nH]c1. The predicted molar refractivity (Wildman–Crippen MR) is 78.5 cm³/mol. The molecule has 2 aromatic rings. The third kappa shape index (κ3) is 3.10. The van der Waals surface area contributed by atoms with E-state index in [4.69, 9.17) is 9.47 Å². The minimum absolute atomic E-state index is 0.00995. The molecule has 0 aromatic carbocycles. The van der Waals surface area contributed by atoms with Crippen molar-refractivity contribution in [2.24, 2.45) is 0 Å². The van der Waals surface area contributed by atoms with Crippen LogP contribution in [0.1, 0.15) is 30.1 Å². The Hall–Kier alpha value is -1.99. The van der Waals surface area contributed by atoms with Crippen LogP contribution in [-0.4, -0.2) is 45.5 Å². The van der Waals surface area contributed by atoms with Gasteiger partial charge in [0.05, 0.1) is 31.6 Å². The Balaban J connectivity index is 1.31. The first kappa shape index (κ1) is 13.7. The van der Waals surface area contributed by atoms with Gasteiger partial charge >= 0.3 is 0 Å². The summed E-state index contributed by atoms with van der Waals surface area (Å²) in [5.41, 5.74) is 1.08. The Kier molecular flexibility index (Phi) is 3.74. The quantitative estimate of drug-likeness (QED) is 0.828. The summed E-state index contributed by atoms with van der Waals surface area (Å²) in [5.74, 6) is 2.31. The summed E-state index contributed by atoms with van der Waals surface area (Å²) in [5, 5.41) is 10.1. The van der Waals surface area contributed by atoms with Gasteiger partial charge in [-0.2, -0.15) is 5.10 Å². The highest BCUT2D eigenvalue weighted by atomic mass is 16.5. The van der Waals surface area contributed by atoms with Crippen molar-refractivity contribution in [2.45, 2.75) is 37.5 Å². The van der Waals surface area contributed by atoms with E-state index in [1.54, 1.807) is 12.4 Å². The van der Waals surface area contributed by atoms with Crippen molar-refractivity contribution in [1.29, 1.82) is 0 Å². The number of nitrogens with one attached hydrogen (secondary N) is 2. The van der Waals surface area contributed by atoms with Crippen molar-refractivity contribution in [3.63, 3.8) is 0 Å². The molecule has 3 heterocycles. The molecule has 4 rings (SSSR count). The van der Waals surface area contributed by atoms with Gasteiger partial charge in [-0.15, -0.1) is 0 Å². The molecule has 2 aromatic heterocycles. The number of hydrogen-bond donors (Lipinski definition) is 2. The van der Waals surface area contributed by atoms with Crippen LogP contribution >= 0.6 is 0 Å². The fourth-order valence-corrected chi connectivity index (χ4v) is 2.58. The van der Waals surface area contributed by atoms with Crippen LogP contribution in [0.4, 0.5) is 0 Å². The maximum absolute atomic E-state index is 5.86. The molecule has 2 N–H and O–H groups in total. The maximum atomic E-state index is 5.86. The molecular formula is C15H19N5O2. The van der Waals surface area contributed by atoms with Crippen molar-refractivity contribution in [3.8, 4) is 5.75 Å². The second-order valence-electron chi connectivity index (χ2n) is 5.84. The van der Waals surface area contributed by atoms with Crippen LogP contribution in [0.2, 0.25) is 0 Å². The average molecular weight is 301 g/mol. The molecule has 0 bridgehead atoms. The van der Waals surface area contributed by atoms with E-state index in [0.717, 1.165) is 17.1 Å². The lowest BCUT2D eigenvalue weighted by molar-refractivity contribution is 0.139. The minimum atomic E-state index is -0.00995. The van der Waals surface area contributed by atoms with Gasteiger partial charge in [0, 0.05) is 30.4 Å². The first-order valence-electron chi connectivity index (χ1n) is 7.66. The van der Waals surface area contributed by atoms with Crippen molar-refractivity contribution in [3.05, 3.63) is 36.2 Å². The van der Waals surface area contributed by atoms with E-state index in [1.807, 2.05) is 12.4 Å². The van der Waals surface area contributed by atoms with Crippen LogP contribution in [0.3, 0.4) is 0 Å². The van der Waals surface area contributed by atoms with Gasteiger partial charge in [0.2, 0.25) is 0 Å². The zero-order chi connectivity index (χ0) is 14.8. The Morgan fingerprint density at radius 3 is 2.82 bits per heavy atom. The molecule has 0 unspecified atom stereocenters. The highest BCUT2D eigenvalue weighted by Gasteiger charge is 2.30. The first-order valence-corrected chi connectivity index (χ1v) is 7.66. The molecule has 1 aliphatic heterocycles. The second kappa shape index (κ2) is 6.02. The van der Waals surface area contributed by atoms with Crippen molar-refractivity contribution >= 4 is 0 Å². The number of aromatic nitrogens is 4. The second-order valence-corrected chi connectivity index (χ2v) is 5.84. The number of rotatable bonds is 6. The Labute approximate surface area is 128 Å². The molecule has 1 saturated carbocycles. The van der Waals surface area contributed by atoms with E-state index >= 15 is 0 Å². The van der Waals surface area contributed by atoms with Crippen molar-refractivity contribution in [2.75, 3.05) is 13.2 Å². The molecule has 7 heteroatoms. The molecule has 0 spiro atoms. The van der Waals surface area contributed by atoms with Crippen molar-refractivity contribution < 1.29 is 9.47 Å². The summed E-state index contributed by atoms with van der Waals surface area (Å²) < 4.78 is 11.4. The monoisotopic (exact) mass is 301 g/mol. The van der Waals surface area contributed by atoms with E-state index in [2.05, 4.69) is 25.5 Å². The van der Waals surface area contributed by atoms with Gasteiger partial charge in [0.15, 0.2) is 5.75 Å². The zero-order valence-corrected chi connectivity index (χ0v) is 12.2. The van der Waals surface area contributed by atoms with Crippen molar-refractivity contribution in [1.82, 2.24) is 25.5 Å². The number of ether oxygens (including phenoxy) is 2. The van der Waals surface area contributed by atoms with Gasteiger partial charge in [-0.1, -0.05) is 0 Å². The third-order valence-electron chi connectivity index (χ3n) is 4.03. The number of hydrogen-bond acceptors (Lipinski definition) is 6. The lowest BCUT2D eigenvalue weighted by Crippen LogP contribution is -2.41. The van der Waals surface area contributed by atoms with Gasteiger partial charge in [0.1, 0.15) is 11.9 Å². The Bertz CT molecular complexity index is 597. The standard InChI is InChI=1S/C15H19N5O2/c1-2-11(1)15-17-4-10(5-18-15)3-16-13-8-21-9-14(13)22-12-6-19-20-7-12/h4-7,11,13-14,16H,1-3,8-9H2,(H,19,20)/t13-,14+/m0/s1. The fourth-order valence-electron chi connectivity index (χ4n) is 2.58. The number of aromatic amines is 1. The summed E-state index contributed by atoms with van der Waals surface area (Å²) in [6.45, 7) is 1.94. The summed E-state index contributed by atoms with van der Waals surface area (Å²) >= 11 is 0. The molecule has 2 aliphatic rings. The lowest BCUT2D eigenvalue weighted by atomic mass is 10.2. The summed E-state index contributed by atoms with van der Waals surface area (Å²) in [7, 11) is 0. The van der Waals surface area contributed by atoms with Gasteiger partial charge in [-0.05, 0) is 12.8 Å². The van der Waals surface area contributed by atoms with E-state index in [1.165, 1.54) is 12.8 Å². The normalized spacial score (nSPS) is 24.5. The predicted octanol–water partition coefficient (Wildman–Crippen LogP) is 1.01. The van der Waals surface area contributed by atoms with Crippen LogP contribution in [0.25, 0.3) is 0 Å². The molecule has 1 aliphatic carbocycles. The number of nitrogens with zero attached hydrogens (tertiary/aromatic N) is 3. The van der Waals surface area contributed by atoms with Crippen LogP contribution in [-0.2, 0) is 11.3 Å². The molecular weight excluding hydrogens is 282 g/mol. The van der Waals surface area contributed by atoms with Crippen LogP contribution in [0, 0.1) is 0 Å². The van der Waals surface area contributed by atoms with Gasteiger partial charge in [-0.25, -0.2) is 9.97 Å². The van der Waals surface area contributed by atoms with Gasteiger partial charge in [0.25, 0.3) is 0 Å². The van der Waals surface area contributed by atoms with E-state index in [9.17, 15) is 0 Å². The smallest absolute Gasteiger partial charge is 0.157 e. The van der Waals surface area contributed by atoms with Crippen LogP contribution < -0.4 is 10.1 Å². The molecule has 7 nitrogen and oxygen atoms in total. The summed E-state index contributed by atoms with van der Waals surface area (Å²) in [6.07, 6.45) is 9.67. The fraction of sp³-hybridized carbons (Fsp3) is 0.533. The Morgan fingerprint density at radius 2 is 2.09 bits per heavy atom. The zero-order valence-electron chi connectivity index (χ0n) is 12.2. The van der Waals surface area contributed by atoms with Gasteiger partial charge < -0.3 is 14.8 Å². The average Bonchev–Trinajstić information content (AvgIpc) is 3.10. The molecule has 2 atom stereocenters.